The molecule has 0 atom stereocenters. The smallest absolute Gasteiger partial charge is 0.303 e. The van der Waals surface area contributed by atoms with Crippen LogP contribution >= 0.6 is 0 Å². The summed E-state index contributed by atoms with van der Waals surface area (Å²) in [6.07, 6.45) is 5.62. The minimum absolute atomic E-state index is 0.138. The highest BCUT2D eigenvalue weighted by molar-refractivity contribution is 5.88. The van der Waals surface area contributed by atoms with Crippen molar-refractivity contribution in [3.05, 3.63) is 65.7 Å². The summed E-state index contributed by atoms with van der Waals surface area (Å²) in [6.45, 7) is 2.07. The summed E-state index contributed by atoms with van der Waals surface area (Å²) >= 11 is 0. The van der Waals surface area contributed by atoms with Crippen LogP contribution in [0.25, 0.3) is 21.9 Å². The first-order valence-corrected chi connectivity index (χ1v) is 10.1. The van der Waals surface area contributed by atoms with E-state index in [-0.39, 0.29) is 12.5 Å². The first-order chi connectivity index (χ1) is 13.6. The van der Waals surface area contributed by atoms with E-state index < -0.39 is 5.97 Å². The van der Waals surface area contributed by atoms with Crippen LogP contribution in [0.5, 0.6) is 5.75 Å². The van der Waals surface area contributed by atoms with E-state index in [0.717, 1.165) is 40.8 Å². The van der Waals surface area contributed by atoms with Crippen molar-refractivity contribution in [3.8, 4) is 16.9 Å². The maximum atomic E-state index is 11.0. The van der Waals surface area contributed by atoms with E-state index >= 15 is 0 Å². The molecule has 4 rings (SSSR count). The highest BCUT2D eigenvalue weighted by Gasteiger charge is 2.20. The third-order valence-electron chi connectivity index (χ3n) is 5.61. The van der Waals surface area contributed by atoms with Gasteiger partial charge in [0.05, 0.1) is 6.10 Å². The third kappa shape index (κ3) is 4.04. The first kappa shape index (κ1) is 18.5. The molecule has 3 nitrogen and oxygen atoms in total. The number of benzene rings is 3. The van der Waals surface area contributed by atoms with Gasteiger partial charge in [-0.3, -0.25) is 4.79 Å². The Morgan fingerprint density at radius 1 is 1.04 bits per heavy atom. The van der Waals surface area contributed by atoms with Gasteiger partial charge < -0.3 is 9.84 Å². The number of hydrogen-bond donors (Lipinski definition) is 1. The molecule has 144 valence electrons. The average molecular weight is 374 g/mol. The Balaban J connectivity index is 1.78. The van der Waals surface area contributed by atoms with Crippen molar-refractivity contribution in [2.75, 3.05) is 0 Å². The summed E-state index contributed by atoms with van der Waals surface area (Å²) in [4.78, 5) is 11.0. The van der Waals surface area contributed by atoms with Gasteiger partial charge in [0.25, 0.3) is 0 Å². The lowest BCUT2D eigenvalue weighted by molar-refractivity contribution is -0.136. The summed E-state index contributed by atoms with van der Waals surface area (Å²) in [5, 5.41) is 11.5. The van der Waals surface area contributed by atoms with E-state index in [1.54, 1.807) is 0 Å². The number of carboxylic acid groups (broad SMARTS) is 1. The molecule has 0 radical (unpaired) electrons. The van der Waals surface area contributed by atoms with Crippen LogP contribution < -0.4 is 4.74 Å². The van der Waals surface area contributed by atoms with E-state index in [4.69, 9.17) is 9.84 Å². The summed E-state index contributed by atoms with van der Waals surface area (Å²) in [7, 11) is 0. The fourth-order valence-electron chi connectivity index (χ4n) is 4.14. The molecule has 1 saturated carbocycles. The molecule has 0 unspecified atom stereocenters. The molecule has 0 bridgehead atoms. The van der Waals surface area contributed by atoms with Crippen LogP contribution in [-0.4, -0.2) is 17.2 Å². The lowest BCUT2D eigenvalue weighted by Gasteiger charge is -2.20. The van der Waals surface area contributed by atoms with E-state index in [2.05, 4.69) is 55.5 Å². The second-order valence-corrected chi connectivity index (χ2v) is 7.77. The molecule has 0 heterocycles. The predicted molar refractivity (Wildman–Crippen MR) is 113 cm³/mol. The Kier molecular flexibility index (Phi) is 5.34. The number of carboxylic acids is 1. The second kappa shape index (κ2) is 8.05. The van der Waals surface area contributed by atoms with Crippen molar-refractivity contribution in [1.29, 1.82) is 0 Å². The molecule has 0 spiro atoms. The summed E-state index contributed by atoms with van der Waals surface area (Å²) in [5.41, 5.74) is 4.31. The maximum absolute atomic E-state index is 11.0. The minimum atomic E-state index is -0.767. The van der Waals surface area contributed by atoms with E-state index in [1.807, 2.05) is 6.07 Å². The number of hydrogen-bond acceptors (Lipinski definition) is 2. The van der Waals surface area contributed by atoms with Gasteiger partial charge in [-0.2, -0.15) is 0 Å². The molecule has 0 saturated heterocycles. The van der Waals surface area contributed by atoms with Crippen LogP contribution in [0, 0.1) is 6.92 Å². The van der Waals surface area contributed by atoms with Gasteiger partial charge in [-0.1, -0.05) is 42.5 Å². The van der Waals surface area contributed by atoms with E-state index in [9.17, 15) is 4.79 Å². The van der Waals surface area contributed by atoms with Gasteiger partial charge in [-0.25, -0.2) is 0 Å². The molecule has 0 aromatic heterocycles. The second-order valence-electron chi connectivity index (χ2n) is 7.77. The largest absolute Gasteiger partial charge is 0.490 e. The van der Waals surface area contributed by atoms with Crippen LogP contribution in [0.2, 0.25) is 0 Å². The van der Waals surface area contributed by atoms with Crippen LogP contribution in [0.3, 0.4) is 0 Å². The van der Waals surface area contributed by atoms with E-state index in [1.165, 1.54) is 23.6 Å². The molecule has 3 aromatic rings. The number of ether oxygens (including phenoxy) is 1. The van der Waals surface area contributed by atoms with Crippen LogP contribution in [0.1, 0.15) is 43.2 Å². The molecule has 3 heteroatoms. The zero-order valence-electron chi connectivity index (χ0n) is 16.3. The van der Waals surface area contributed by atoms with Crippen LogP contribution in [0.4, 0.5) is 0 Å². The third-order valence-corrected chi connectivity index (χ3v) is 5.61. The maximum Gasteiger partial charge on any atom is 0.303 e. The number of rotatable bonds is 6. The summed E-state index contributed by atoms with van der Waals surface area (Å²) < 4.78 is 6.47. The monoisotopic (exact) mass is 374 g/mol. The summed E-state index contributed by atoms with van der Waals surface area (Å²) in [6, 6.07) is 19.0. The Morgan fingerprint density at radius 2 is 1.79 bits per heavy atom. The predicted octanol–water partition coefficient (Wildman–Crippen LogP) is 6.15. The fourth-order valence-corrected chi connectivity index (χ4v) is 4.14. The first-order valence-electron chi connectivity index (χ1n) is 10.1. The van der Waals surface area contributed by atoms with Gasteiger partial charge in [0.1, 0.15) is 5.75 Å². The molecular formula is C25H26O3. The highest BCUT2D eigenvalue weighted by Crippen LogP contribution is 2.38. The van der Waals surface area contributed by atoms with Crippen molar-refractivity contribution in [1.82, 2.24) is 0 Å². The van der Waals surface area contributed by atoms with Gasteiger partial charge in [0.2, 0.25) is 0 Å². The Labute approximate surface area is 166 Å². The van der Waals surface area contributed by atoms with Gasteiger partial charge in [-0.05, 0) is 78.6 Å². The molecule has 1 aliphatic carbocycles. The van der Waals surface area contributed by atoms with Crippen molar-refractivity contribution < 1.29 is 14.6 Å². The lowest BCUT2D eigenvalue weighted by atomic mass is 9.95. The minimum Gasteiger partial charge on any atom is -0.490 e. The standard InChI is InChI=1S/C25H26O3/c1-17-14-18(10-13-24(26)27)15-23(25(17)28-22-8-4-5-9-22)21-12-11-19-6-2-3-7-20(19)16-21/h2-3,6-7,11-12,14-16,22H,4-5,8-10,13H2,1H3,(H,26,27). The lowest BCUT2D eigenvalue weighted by Crippen LogP contribution is -2.13. The zero-order valence-corrected chi connectivity index (χ0v) is 16.3. The van der Waals surface area contributed by atoms with E-state index in [0.29, 0.717) is 6.42 Å². The van der Waals surface area contributed by atoms with Crippen molar-refractivity contribution >= 4 is 16.7 Å². The Hall–Kier alpha value is -2.81. The normalized spacial score (nSPS) is 14.5. The molecule has 0 aliphatic heterocycles. The highest BCUT2D eigenvalue weighted by atomic mass is 16.5. The number of carbonyl (C=O) groups is 1. The van der Waals surface area contributed by atoms with Crippen LogP contribution in [0.15, 0.2) is 54.6 Å². The van der Waals surface area contributed by atoms with Crippen LogP contribution in [-0.2, 0) is 11.2 Å². The molecule has 1 fully saturated rings. The molecule has 1 N–H and O–H groups in total. The van der Waals surface area contributed by atoms with Crippen molar-refractivity contribution in [3.63, 3.8) is 0 Å². The topological polar surface area (TPSA) is 46.5 Å². The Morgan fingerprint density at radius 3 is 2.54 bits per heavy atom. The SMILES string of the molecule is Cc1cc(CCC(=O)O)cc(-c2ccc3ccccc3c2)c1OC1CCCC1. The number of aliphatic carboxylic acids is 1. The van der Waals surface area contributed by atoms with Gasteiger partial charge in [-0.15, -0.1) is 0 Å². The zero-order chi connectivity index (χ0) is 19.5. The average Bonchev–Trinajstić information content (AvgIpc) is 3.21. The number of fused-ring (bicyclic) bond motifs is 1. The van der Waals surface area contributed by atoms with Gasteiger partial charge in [0.15, 0.2) is 0 Å². The number of aryl methyl sites for hydroxylation is 2. The molecule has 0 amide bonds. The molecule has 28 heavy (non-hydrogen) atoms. The summed E-state index contributed by atoms with van der Waals surface area (Å²) in [5.74, 6) is 0.178. The Bertz CT molecular complexity index is 1000. The molecule has 3 aromatic carbocycles. The fraction of sp³-hybridized carbons (Fsp3) is 0.320. The van der Waals surface area contributed by atoms with Gasteiger partial charge >= 0.3 is 5.97 Å². The quantitative estimate of drug-likeness (QED) is 0.562. The molecular weight excluding hydrogens is 348 g/mol. The van der Waals surface area contributed by atoms with Crippen molar-refractivity contribution in [2.24, 2.45) is 0 Å². The molecule has 1 aliphatic rings. The van der Waals surface area contributed by atoms with Crippen molar-refractivity contribution in [2.45, 2.75) is 51.6 Å². The van der Waals surface area contributed by atoms with Gasteiger partial charge in [0, 0.05) is 12.0 Å².